The number of allylic oxidation sites excluding steroid dienone is 2. The summed E-state index contributed by atoms with van der Waals surface area (Å²) in [6.45, 7) is 1.68. The third-order valence-electron chi connectivity index (χ3n) is 2.70. The summed E-state index contributed by atoms with van der Waals surface area (Å²) in [7, 11) is 0. The number of rotatable bonds is 4. The van der Waals surface area contributed by atoms with Crippen LogP contribution in [0.5, 0.6) is 0 Å². The summed E-state index contributed by atoms with van der Waals surface area (Å²) in [6.07, 6.45) is -4.44. The first-order chi connectivity index (χ1) is 9.85. The highest BCUT2D eigenvalue weighted by atomic mass is 32.2. The lowest BCUT2D eigenvalue weighted by atomic mass is 9.93. The average molecular weight is 316 g/mol. The van der Waals surface area contributed by atoms with Gasteiger partial charge in [-0.1, -0.05) is 24.3 Å². The summed E-state index contributed by atoms with van der Waals surface area (Å²) in [6, 6.07) is 6.02. The van der Waals surface area contributed by atoms with Gasteiger partial charge in [-0.25, -0.2) is 0 Å². The Morgan fingerprint density at radius 2 is 1.67 bits per heavy atom. The largest absolute Gasteiger partial charge is 0.488 e. The molecule has 0 saturated carbocycles. The molecule has 0 radical (unpaired) electrons. The van der Waals surface area contributed by atoms with Crippen LogP contribution in [0.4, 0.5) is 13.2 Å². The second-order valence-electron chi connectivity index (χ2n) is 4.20. The van der Waals surface area contributed by atoms with E-state index >= 15 is 0 Å². The second kappa shape index (κ2) is 5.93. The number of hydrogen-bond donors (Lipinski definition) is 0. The molecule has 1 aliphatic rings. The van der Waals surface area contributed by atoms with Crippen LogP contribution >= 0.6 is 11.8 Å². The van der Waals surface area contributed by atoms with Crippen LogP contribution in [0.2, 0.25) is 0 Å². The van der Waals surface area contributed by atoms with Gasteiger partial charge in [0.05, 0.1) is 12.4 Å². The molecule has 0 aromatic heterocycles. The number of Topliss-reactive ketones (excluding diaryl/α,β-unsaturated/α-hetero) is 2. The van der Waals surface area contributed by atoms with Gasteiger partial charge in [0, 0.05) is 11.1 Å². The van der Waals surface area contributed by atoms with Gasteiger partial charge < -0.3 is 4.74 Å². The molecule has 0 aliphatic heterocycles. The van der Waals surface area contributed by atoms with Crippen molar-refractivity contribution in [3.63, 3.8) is 0 Å². The molecule has 1 aliphatic carbocycles. The van der Waals surface area contributed by atoms with Gasteiger partial charge in [0.25, 0.3) is 0 Å². The van der Waals surface area contributed by atoms with E-state index in [2.05, 4.69) is 0 Å². The molecule has 0 saturated heterocycles. The highest BCUT2D eigenvalue weighted by Gasteiger charge is 2.36. The molecule has 21 heavy (non-hydrogen) atoms. The number of ketones is 2. The SMILES string of the molecule is CCOC1=C(SCC(F)(F)F)C(=O)c2ccccc2C1=O. The van der Waals surface area contributed by atoms with Crippen LogP contribution in [0.25, 0.3) is 0 Å². The Bertz CT molecular complexity index is 620. The molecular weight excluding hydrogens is 305 g/mol. The summed E-state index contributed by atoms with van der Waals surface area (Å²) in [4.78, 5) is 24.3. The number of benzene rings is 1. The van der Waals surface area contributed by atoms with E-state index < -0.39 is 23.5 Å². The van der Waals surface area contributed by atoms with E-state index in [9.17, 15) is 22.8 Å². The van der Waals surface area contributed by atoms with Gasteiger partial charge in [-0.3, -0.25) is 9.59 Å². The molecule has 1 aromatic rings. The zero-order chi connectivity index (χ0) is 15.6. The topological polar surface area (TPSA) is 43.4 Å². The molecule has 1 aromatic carbocycles. The third kappa shape index (κ3) is 3.29. The molecule has 0 fully saturated rings. The number of fused-ring (bicyclic) bond motifs is 1. The lowest BCUT2D eigenvalue weighted by Gasteiger charge is -2.20. The molecule has 0 atom stereocenters. The van der Waals surface area contributed by atoms with Crippen molar-refractivity contribution in [2.75, 3.05) is 12.4 Å². The van der Waals surface area contributed by atoms with Gasteiger partial charge in [0.1, 0.15) is 4.91 Å². The summed E-state index contributed by atoms with van der Waals surface area (Å²) >= 11 is 0.287. The molecule has 0 heterocycles. The van der Waals surface area contributed by atoms with Crippen molar-refractivity contribution < 1.29 is 27.5 Å². The van der Waals surface area contributed by atoms with E-state index in [1.165, 1.54) is 12.1 Å². The minimum Gasteiger partial charge on any atom is -0.488 e. The molecule has 7 heteroatoms. The van der Waals surface area contributed by atoms with Crippen molar-refractivity contribution in [2.45, 2.75) is 13.1 Å². The monoisotopic (exact) mass is 316 g/mol. The lowest BCUT2D eigenvalue weighted by Crippen LogP contribution is -2.23. The van der Waals surface area contributed by atoms with E-state index in [0.717, 1.165) is 0 Å². The lowest BCUT2D eigenvalue weighted by molar-refractivity contribution is -0.105. The highest BCUT2D eigenvalue weighted by molar-refractivity contribution is 8.04. The molecule has 3 nitrogen and oxygen atoms in total. The number of thioether (sulfide) groups is 1. The van der Waals surface area contributed by atoms with Gasteiger partial charge in [-0.15, -0.1) is 11.8 Å². The van der Waals surface area contributed by atoms with Crippen molar-refractivity contribution in [3.8, 4) is 0 Å². The summed E-state index contributed by atoms with van der Waals surface area (Å²) in [5.41, 5.74) is 0.262. The van der Waals surface area contributed by atoms with E-state index in [0.29, 0.717) is 0 Å². The van der Waals surface area contributed by atoms with Gasteiger partial charge in [-0.05, 0) is 6.92 Å². The molecule has 0 amide bonds. The standard InChI is InChI=1S/C14H11F3O3S/c1-2-20-12-10(18)8-5-3-4-6-9(8)11(19)13(12)21-7-14(15,16)17/h3-6H,2,7H2,1H3. The zero-order valence-electron chi connectivity index (χ0n) is 11.0. The van der Waals surface area contributed by atoms with Crippen LogP contribution in [-0.2, 0) is 4.74 Å². The fourth-order valence-electron chi connectivity index (χ4n) is 1.89. The Morgan fingerprint density at radius 3 is 2.19 bits per heavy atom. The quantitative estimate of drug-likeness (QED) is 0.851. The van der Waals surface area contributed by atoms with Crippen LogP contribution in [-0.4, -0.2) is 30.1 Å². The molecular formula is C14H11F3O3S. The number of carbonyl (C=O) groups is 2. The van der Waals surface area contributed by atoms with E-state index in [4.69, 9.17) is 4.74 Å². The maximum atomic E-state index is 12.4. The van der Waals surface area contributed by atoms with Crippen LogP contribution in [0, 0.1) is 0 Å². The van der Waals surface area contributed by atoms with Crippen LogP contribution in [0.3, 0.4) is 0 Å². The molecule has 0 N–H and O–H groups in total. The van der Waals surface area contributed by atoms with Crippen LogP contribution < -0.4 is 0 Å². The molecule has 0 unspecified atom stereocenters. The van der Waals surface area contributed by atoms with Crippen molar-refractivity contribution in [2.24, 2.45) is 0 Å². The maximum Gasteiger partial charge on any atom is 0.398 e. The van der Waals surface area contributed by atoms with Crippen molar-refractivity contribution in [1.29, 1.82) is 0 Å². The first kappa shape index (κ1) is 15.6. The molecule has 0 bridgehead atoms. The predicted molar refractivity (Wildman–Crippen MR) is 72.3 cm³/mol. The first-order valence-corrected chi connectivity index (χ1v) is 7.08. The summed E-state index contributed by atoms with van der Waals surface area (Å²) in [5.74, 6) is -2.71. The fraction of sp³-hybridized carbons (Fsp3) is 0.286. The number of hydrogen-bond acceptors (Lipinski definition) is 4. The Balaban J connectivity index is 2.44. The Hall–Kier alpha value is -1.76. The van der Waals surface area contributed by atoms with E-state index in [1.807, 2.05) is 0 Å². The number of ether oxygens (including phenoxy) is 1. The fourth-order valence-corrected chi connectivity index (χ4v) is 2.72. The van der Waals surface area contributed by atoms with Gasteiger partial charge in [0.15, 0.2) is 5.76 Å². The van der Waals surface area contributed by atoms with Crippen molar-refractivity contribution >= 4 is 23.3 Å². The molecule has 112 valence electrons. The predicted octanol–water partition coefficient (Wildman–Crippen LogP) is 3.61. The number of carbonyl (C=O) groups excluding carboxylic acids is 2. The van der Waals surface area contributed by atoms with Crippen molar-refractivity contribution in [3.05, 3.63) is 46.1 Å². The summed E-state index contributed by atoms with van der Waals surface area (Å²) in [5, 5.41) is 0. The minimum atomic E-state index is -4.44. The first-order valence-electron chi connectivity index (χ1n) is 6.10. The number of halogens is 3. The maximum absolute atomic E-state index is 12.4. The minimum absolute atomic E-state index is 0.0899. The normalized spacial score (nSPS) is 15.2. The van der Waals surface area contributed by atoms with Crippen molar-refractivity contribution in [1.82, 2.24) is 0 Å². The van der Waals surface area contributed by atoms with Crippen LogP contribution in [0.1, 0.15) is 27.6 Å². The third-order valence-corrected chi connectivity index (χ3v) is 3.83. The Kier molecular flexibility index (Phi) is 4.41. The number of alkyl halides is 3. The van der Waals surface area contributed by atoms with Gasteiger partial charge in [0.2, 0.25) is 11.6 Å². The highest BCUT2D eigenvalue weighted by Crippen LogP contribution is 2.36. The smallest absolute Gasteiger partial charge is 0.398 e. The zero-order valence-corrected chi connectivity index (χ0v) is 11.8. The van der Waals surface area contributed by atoms with Gasteiger partial charge >= 0.3 is 6.18 Å². The second-order valence-corrected chi connectivity index (χ2v) is 5.18. The van der Waals surface area contributed by atoms with E-state index in [1.54, 1.807) is 19.1 Å². The molecule has 0 spiro atoms. The van der Waals surface area contributed by atoms with Crippen LogP contribution in [0.15, 0.2) is 34.9 Å². The van der Waals surface area contributed by atoms with E-state index in [-0.39, 0.29) is 40.2 Å². The Morgan fingerprint density at radius 1 is 1.10 bits per heavy atom. The summed E-state index contributed by atoms with van der Waals surface area (Å²) < 4.78 is 42.2. The Labute approximate surface area is 123 Å². The van der Waals surface area contributed by atoms with Gasteiger partial charge in [-0.2, -0.15) is 13.2 Å². The average Bonchev–Trinajstić information content (AvgIpc) is 2.43. The molecule has 2 rings (SSSR count).